The molecule has 4 heterocycles. The highest BCUT2D eigenvalue weighted by Gasteiger charge is 2.29. The van der Waals surface area contributed by atoms with E-state index in [2.05, 4.69) is 28.4 Å². The van der Waals surface area contributed by atoms with E-state index in [0.717, 1.165) is 28.6 Å². The fourth-order valence-corrected chi connectivity index (χ4v) is 3.37. The second-order valence-corrected chi connectivity index (χ2v) is 7.26. The van der Waals surface area contributed by atoms with Crippen LogP contribution in [0.4, 0.5) is 0 Å². The Labute approximate surface area is 157 Å². The lowest BCUT2D eigenvalue weighted by molar-refractivity contribution is -0.119. The zero-order chi connectivity index (χ0) is 19.0. The molecule has 1 amide bonds. The van der Waals surface area contributed by atoms with Crippen molar-refractivity contribution < 1.29 is 9.53 Å². The van der Waals surface area contributed by atoms with E-state index in [1.165, 1.54) is 5.57 Å². The zero-order valence-corrected chi connectivity index (χ0v) is 15.8. The summed E-state index contributed by atoms with van der Waals surface area (Å²) < 4.78 is 7.98. The van der Waals surface area contributed by atoms with Gasteiger partial charge in [-0.15, -0.1) is 0 Å². The smallest absolute Gasteiger partial charge is 0.225 e. The fraction of sp³-hybridized carbons (Fsp3) is 0.400. The van der Waals surface area contributed by atoms with Gasteiger partial charge in [0.15, 0.2) is 0 Å². The molecule has 0 aromatic carbocycles. The number of carbonyl (C=O) groups is 1. The number of aryl methyl sites for hydroxylation is 1. The summed E-state index contributed by atoms with van der Waals surface area (Å²) in [6.45, 7) is 4.68. The maximum absolute atomic E-state index is 11.5. The van der Waals surface area contributed by atoms with E-state index in [9.17, 15) is 4.79 Å². The average Bonchev–Trinajstić information content (AvgIpc) is 3.16. The molecule has 2 aromatic heterocycles. The van der Waals surface area contributed by atoms with Gasteiger partial charge in [0, 0.05) is 50.1 Å². The molecule has 27 heavy (non-hydrogen) atoms. The number of rotatable bonds is 4. The van der Waals surface area contributed by atoms with Gasteiger partial charge in [0.2, 0.25) is 11.8 Å². The number of nitrogens with one attached hydrogen (secondary N) is 1. The van der Waals surface area contributed by atoms with Crippen LogP contribution in [-0.4, -0.2) is 39.5 Å². The van der Waals surface area contributed by atoms with Gasteiger partial charge in [-0.05, 0) is 26.3 Å². The molecule has 1 N–H and O–H groups in total. The Kier molecular flexibility index (Phi) is 4.51. The van der Waals surface area contributed by atoms with Crippen molar-refractivity contribution in [1.82, 2.24) is 20.1 Å². The molecule has 1 saturated heterocycles. The van der Waals surface area contributed by atoms with Gasteiger partial charge in [-0.1, -0.05) is 11.6 Å². The SMILES string of the molecule is CC1=CN=CC(c2cc3nn(C)cc3c(O[C@H](C)[C@H]3CNC(=O)C3)n2)=CC1. The number of fused-ring (bicyclic) bond motifs is 1. The molecule has 1 fully saturated rings. The van der Waals surface area contributed by atoms with Crippen LogP contribution < -0.4 is 10.1 Å². The largest absolute Gasteiger partial charge is 0.474 e. The predicted octanol–water partition coefficient (Wildman–Crippen LogP) is 2.63. The fourth-order valence-electron chi connectivity index (χ4n) is 3.37. The molecule has 0 radical (unpaired) electrons. The first-order chi connectivity index (χ1) is 13.0. The van der Waals surface area contributed by atoms with E-state index in [0.29, 0.717) is 18.8 Å². The molecule has 2 atom stereocenters. The Balaban J connectivity index is 1.69. The van der Waals surface area contributed by atoms with E-state index < -0.39 is 0 Å². The van der Waals surface area contributed by atoms with Gasteiger partial charge in [-0.2, -0.15) is 5.10 Å². The molecule has 2 aliphatic rings. The number of amides is 1. The van der Waals surface area contributed by atoms with Crippen LogP contribution in [0.2, 0.25) is 0 Å². The summed E-state index contributed by atoms with van der Waals surface area (Å²) in [5.41, 5.74) is 3.76. The van der Waals surface area contributed by atoms with Gasteiger partial charge >= 0.3 is 0 Å². The Morgan fingerprint density at radius 2 is 2.26 bits per heavy atom. The number of ether oxygens (including phenoxy) is 1. The molecular formula is C20H23N5O2. The van der Waals surface area contributed by atoms with E-state index in [1.54, 1.807) is 4.68 Å². The molecule has 7 heteroatoms. The number of aromatic nitrogens is 3. The van der Waals surface area contributed by atoms with Crippen molar-refractivity contribution in [2.24, 2.45) is 18.0 Å². The normalized spacial score (nSPS) is 20.9. The minimum absolute atomic E-state index is 0.0753. The lowest BCUT2D eigenvalue weighted by Crippen LogP contribution is -2.26. The standard InChI is InChI=1S/C20H23N5O2/c1-12-4-5-14(9-21-8-12)17-7-18-16(11-25(3)24-18)20(23-17)27-13(2)15-6-19(26)22-10-15/h5,7-9,11,13,15H,4,6,10H2,1-3H3,(H,22,26)/t13-,15-/m1/s1. The first-order valence-corrected chi connectivity index (χ1v) is 9.16. The Hall–Kier alpha value is -2.96. The van der Waals surface area contributed by atoms with E-state index in [1.807, 2.05) is 38.6 Å². The summed E-state index contributed by atoms with van der Waals surface area (Å²) in [7, 11) is 1.88. The van der Waals surface area contributed by atoms with Gasteiger partial charge in [0.25, 0.3) is 0 Å². The zero-order valence-electron chi connectivity index (χ0n) is 15.8. The average molecular weight is 365 g/mol. The monoisotopic (exact) mass is 365 g/mol. The van der Waals surface area contributed by atoms with Crippen LogP contribution in [0.15, 0.2) is 35.1 Å². The second-order valence-electron chi connectivity index (χ2n) is 7.26. The minimum Gasteiger partial charge on any atom is -0.474 e. The van der Waals surface area contributed by atoms with Crippen molar-refractivity contribution in [1.29, 1.82) is 0 Å². The topological polar surface area (TPSA) is 81.4 Å². The first kappa shape index (κ1) is 17.5. The number of allylic oxidation sites excluding steroid dienone is 3. The van der Waals surface area contributed by atoms with Crippen LogP contribution in [0.25, 0.3) is 16.5 Å². The second kappa shape index (κ2) is 6.98. The quantitative estimate of drug-likeness (QED) is 0.903. The van der Waals surface area contributed by atoms with Crippen LogP contribution in [0, 0.1) is 5.92 Å². The molecule has 4 rings (SSSR count). The molecule has 0 bridgehead atoms. The maximum atomic E-state index is 11.5. The molecule has 2 aromatic rings. The van der Waals surface area contributed by atoms with Gasteiger partial charge in [-0.3, -0.25) is 14.5 Å². The van der Waals surface area contributed by atoms with Crippen molar-refractivity contribution in [3.8, 4) is 5.88 Å². The molecule has 0 unspecified atom stereocenters. The summed E-state index contributed by atoms with van der Waals surface area (Å²) in [6, 6.07) is 1.96. The lowest BCUT2D eigenvalue weighted by atomic mass is 10.0. The van der Waals surface area contributed by atoms with Gasteiger partial charge < -0.3 is 10.1 Å². The number of nitrogens with zero attached hydrogens (tertiary/aromatic N) is 4. The summed E-state index contributed by atoms with van der Waals surface area (Å²) in [5, 5.41) is 8.26. The van der Waals surface area contributed by atoms with Crippen LogP contribution in [-0.2, 0) is 11.8 Å². The van der Waals surface area contributed by atoms with E-state index >= 15 is 0 Å². The van der Waals surface area contributed by atoms with Crippen molar-refractivity contribution in [2.75, 3.05) is 6.54 Å². The van der Waals surface area contributed by atoms with Crippen LogP contribution >= 0.6 is 0 Å². The summed E-state index contributed by atoms with van der Waals surface area (Å²) in [5.74, 6) is 0.761. The van der Waals surface area contributed by atoms with Gasteiger partial charge in [0.1, 0.15) is 6.10 Å². The number of aliphatic imine (C=N–C) groups is 1. The van der Waals surface area contributed by atoms with E-state index in [4.69, 9.17) is 9.72 Å². The summed E-state index contributed by atoms with van der Waals surface area (Å²) in [6.07, 6.45) is 8.90. The molecule has 7 nitrogen and oxygen atoms in total. The molecular weight excluding hydrogens is 342 g/mol. The molecule has 0 aliphatic carbocycles. The van der Waals surface area contributed by atoms with Gasteiger partial charge in [-0.25, -0.2) is 4.98 Å². The third-order valence-corrected chi connectivity index (χ3v) is 5.00. The number of carbonyl (C=O) groups excluding carboxylic acids is 1. The highest BCUT2D eigenvalue weighted by atomic mass is 16.5. The summed E-state index contributed by atoms with van der Waals surface area (Å²) in [4.78, 5) is 20.6. The number of hydrogen-bond donors (Lipinski definition) is 1. The number of hydrogen-bond acceptors (Lipinski definition) is 5. The van der Waals surface area contributed by atoms with Crippen molar-refractivity contribution in [3.05, 3.63) is 35.8 Å². The third-order valence-electron chi connectivity index (χ3n) is 5.00. The van der Waals surface area contributed by atoms with Crippen molar-refractivity contribution in [2.45, 2.75) is 32.8 Å². The van der Waals surface area contributed by atoms with Crippen LogP contribution in [0.1, 0.15) is 32.4 Å². The Bertz CT molecular complexity index is 986. The molecule has 140 valence electrons. The Morgan fingerprint density at radius 1 is 1.41 bits per heavy atom. The Morgan fingerprint density at radius 3 is 3.04 bits per heavy atom. The van der Waals surface area contributed by atoms with Crippen molar-refractivity contribution >= 4 is 28.6 Å². The number of pyridine rings is 1. The van der Waals surface area contributed by atoms with E-state index in [-0.39, 0.29) is 17.9 Å². The molecule has 0 saturated carbocycles. The predicted molar refractivity (Wildman–Crippen MR) is 105 cm³/mol. The maximum Gasteiger partial charge on any atom is 0.225 e. The highest BCUT2D eigenvalue weighted by molar-refractivity contribution is 6.10. The van der Waals surface area contributed by atoms with Crippen molar-refractivity contribution in [3.63, 3.8) is 0 Å². The lowest BCUT2D eigenvalue weighted by Gasteiger charge is -2.19. The van der Waals surface area contributed by atoms with Crippen LogP contribution in [0.3, 0.4) is 0 Å². The van der Waals surface area contributed by atoms with Crippen LogP contribution in [0.5, 0.6) is 5.88 Å². The minimum atomic E-state index is -0.129. The highest BCUT2D eigenvalue weighted by Crippen LogP contribution is 2.29. The third kappa shape index (κ3) is 3.63. The molecule has 2 aliphatic heterocycles. The summed E-state index contributed by atoms with van der Waals surface area (Å²) >= 11 is 0. The van der Waals surface area contributed by atoms with Gasteiger partial charge in [0.05, 0.1) is 16.6 Å². The first-order valence-electron chi connectivity index (χ1n) is 9.16. The molecule has 0 spiro atoms.